The molecule has 0 saturated carbocycles. The molecule has 7 nitrogen and oxygen atoms in total. The molecular weight excluding hydrogens is 484 g/mol. The predicted molar refractivity (Wildman–Crippen MR) is 140 cm³/mol. The second-order valence-electron chi connectivity index (χ2n) is 7.82. The van der Waals surface area contributed by atoms with Crippen LogP contribution in [0.25, 0.3) is 0 Å². The number of nitrogens with zero attached hydrogens (tertiary/aromatic N) is 1. The molecule has 0 spiro atoms. The van der Waals surface area contributed by atoms with Crippen molar-refractivity contribution < 1.29 is 22.7 Å². The third kappa shape index (κ3) is 6.43. The summed E-state index contributed by atoms with van der Waals surface area (Å²) in [6.07, 6.45) is 1.91. The van der Waals surface area contributed by atoms with Crippen LogP contribution in [0, 0.1) is 13.8 Å². The average Bonchev–Trinajstić information content (AvgIpc) is 2.84. The Morgan fingerprint density at radius 1 is 0.971 bits per heavy atom. The number of anilines is 2. The van der Waals surface area contributed by atoms with Crippen molar-refractivity contribution in [2.75, 3.05) is 29.0 Å². The summed E-state index contributed by atoms with van der Waals surface area (Å²) in [6.45, 7) is 5.18. The Kier molecular flexibility index (Phi) is 8.58. The number of benzene rings is 3. The Morgan fingerprint density at radius 2 is 1.63 bits per heavy atom. The molecule has 0 bridgehead atoms. The van der Waals surface area contributed by atoms with Crippen molar-refractivity contribution in [2.24, 2.45) is 0 Å². The van der Waals surface area contributed by atoms with Crippen molar-refractivity contribution in [2.45, 2.75) is 30.6 Å². The summed E-state index contributed by atoms with van der Waals surface area (Å²) in [7, 11) is -4.03. The number of esters is 1. The van der Waals surface area contributed by atoms with E-state index in [9.17, 15) is 18.0 Å². The number of sulfonamides is 1. The second-order valence-corrected chi connectivity index (χ2v) is 10.6. The van der Waals surface area contributed by atoms with Crippen LogP contribution in [0.2, 0.25) is 0 Å². The van der Waals surface area contributed by atoms with Crippen LogP contribution in [0.3, 0.4) is 0 Å². The van der Waals surface area contributed by atoms with Crippen LogP contribution in [-0.2, 0) is 19.6 Å². The molecule has 0 aromatic heterocycles. The Bertz CT molecular complexity index is 1300. The molecule has 9 heteroatoms. The molecule has 0 aliphatic carbocycles. The molecule has 1 amide bonds. The van der Waals surface area contributed by atoms with Gasteiger partial charge in [-0.05, 0) is 81.1 Å². The molecule has 0 fully saturated rings. The fourth-order valence-corrected chi connectivity index (χ4v) is 5.15. The van der Waals surface area contributed by atoms with Gasteiger partial charge in [0.25, 0.3) is 10.0 Å². The highest BCUT2D eigenvalue weighted by molar-refractivity contribution is 7.98. The molecular formula is C26H28N2O5S2. The first-order valence-corrected chi connectivity index (χ1v) is 13.6. The standard InChI is InChI=1S/C26H28N2O5S2/c1-5-33-26(30)20-9-8-19(3)24(16-20)27-25(29)17-28(21-10-6-18(2)7-11-21)35(31,32)23-14-12-22(34-4)13-15-23/h6-16H,5,17H2,1-4H3,(H,27,29). The van der Waals surface area contributed by atoms with Gasteiger partial charge in [-0.25, -0.2) is 13.2 Å². The van der Waals surface area contributed by atoms with E-state index in [-0.39, 0.29) is 11.5 Å². The van der Waals surface area contributed by atoms with Crippen LogP contribution in [0.4, 0.5) is 11.4 Å². The Hall–Kier alpha value is -3.30. The first kappa shape index (κ1) is 26.3. The van der Waals surface area contributed by atoms with Gasteiger partial charge in [0, 0.05) is 10.6 Å². The molecule has 0 atom stereocenters. The first-order chi connectivity index (χ1) is 16.6. The van der Waals surface area contributed by atoms with Gasteiger partial charge in [-0.15, -0.1) is 11.8 Å². The maximum absolute atomic E-state index is 13.6. The lowest BCUT2D eigenvalue weighted by molar-refractivity contribution is -0.114. The molecule has 35 heavy (non-hydrogen) atoms. The lowest BCUT2D eigenvalue weighted by Crippen LogP contribution is -2.38. The lowest BCUT2D eigenvalue weighted by Gasteiger charge is -2.24. The zero-order valence-corrected chi connectivity index (χ0v) is 21.7. The van der Waals surface area contributed by atoms with E-state index < -0.39 is 28.4 Å². The fourth-order valence-electron chi connectivity index (χ4n) is 3.32. The summed E-state index contributed by atoms with van der Waals surface area (Å²) in [5, 5.41) is 2.74. The molecule has 3 aromatic carbocycles. The van der Waals surface area contributed by atoms with E-state index >= 15 is 0 Å². The number of hydrogen-bond donors (Lipinski definition) is 1. The van der Waals surface area contributed by atoms with Gasteiger partial charge in [-0.2, -0.15) is 0 Å². The second kappa shape index (κ2) is 11.4. The van der Waals surface area contributed by atoms with Crippen LogP contribution in [0.1, 0.15) is 28.4 Å². The van der Waals surface area contributed by atoms with Gasteiger partial charge in [0.2, 0.25) is 5.91 Å². The van der Waals surface area contributed by atoms with E-state index in [0.29, 0.717) is 16.9 Å². The molecule has 3 aromatic rings. The third-order valence-corrected chi connectivity index (χ3v) is 7.81. The first-order valence-electron chi connectivity index (χ1n) is 11.0. The van der Waals surface area contributed by atoms with Gasteiger partial charge in [0.05, 0.1) is 22.8 Å². The number of thioether (sulfide) groups is 1. The van der Waals surface area contributed by atoms with Gasteiger partial charge in [0.15, 0.2) is 0 Å². The minimum Gasteiger partial charge on any atom is -0.462 e. The third-order valence-electron chi connectivity index (χ3n) is 5.28. The summed E-state index contributed by atoms with van der Waals surface area (Å²) in [5.41, 5.74) is 2.77. The highest BCUT2D eigenvalue weighted by Crippen LogP contribution is 2.26. The molecule has 0 aliphatic heterocycles. The minimum absolute atomic E-state index is 0.0872. The fraction of sp³-hybridized carbons (Fsp3) is 0.231. The van der Waals surface area contributed by atoms with Crippen LogP contribution in [-0.4, -0.2) is 39.7 Å². The number of ether oxygens (including phenoxy) is 1. The number of carbonyl (C=O) groups excluding carboxylic acids is 2. The van der Waals surface area contributed by atoms with Crippen LogP contribution >= 0.6 is 11.8 Å². The van der Waals surface area contributed by atoms with Gasteiger partial charge < -0.3 is 10.1 Å². The summed E-state index contributed by atoms with van der Waals surface area (Å²) < 4.78 is 33.2. The number of amides is 1. The Morgan fingerprint density at radius 3 is 2.23 bits per heavy atom. The summed E-state index contributed by atoms with van der Waals surface area (Å²) in [5.74, 6) is -1.04. The van der Waals surface area contributed by atoms with Crippen molar-refractivity contribution >= 4 is 45.0 Å². The van der Waals surface area contributed by atoms with E-state index in [0.717, 1.165) is 20.3 Å². The number of nitrogens with one attached hydrogen (secondary N) is 1. The smallest absolute Gasteiger partial charge is 0.338 e. The number of rotatable bonds is 9. The molecule has 3 rings (SSSR count). The number of hydrogen-bond acceptors (Lipinski definition) is 6. The topological polar surface area (TPSA) is 92.8 Å². The molecule has 0 unspecified atom stereocenters. The predicted octanol–water partition coefficient (Wildman–Crippen LogP) is 5.04. The van der Waals surface area contributed by atoms with Crippen molar-refractivity contribution in [1.82, 2.24) is 0 Å². The molecule has 0 radical (unpaired) electrons. The van der Waals surface area contributed by atoms with Crippen LogP contribution in [0.5, 0.6) is 0 Å². The summed E-state index contributed by atoms with van der Waals surface area (Å²) in [4.78, 5) is 26.2. The minimum atomic E-state index is -4.03. The van der Waals surface area contributed by atoms with Crippen LogP contribution in [0.15, 0.2) is 76.5 Å². The maximum Gasteiger partial charge on any atom is 0.338 e. The Labute approximate surface area is 210 Å². The lowest BCUT2D eigenvalue weighted by atomic mass is 10.1. The monoisotopic (exact) mass is 512 g/mol. The zero-order chi connectivity index (χ0) is 25.6. The zero-order valence-electron chi connectivity index (χ0n) is 20.1. The highest BCUT2D eigenvalue weighted by Gasteiger charge is 2.27. The summed E-state index contributed by atoms with van der Waals surface area (Å²) in [6, 6.07) is 18.3. The molecule has 0 saturated heterocycles. The highest BCUT2D eigenvalue weighted by atomic mass is 32.2. The normalized spacial score (nSPS) is 11.1. The number of carbonyl (C=O) groups is 2. The van der Waals surface area contributed by atoms with Crippen molar-refractivity contribution in [3.63, 3.8) is 0 Å². The maximum atomic E-state index is 13.6. The van der Waals surface area contributed by atoms with E-state index in [4.69, 9.17) is 4.74 Å². The van der Waals surface area contributed by atoms with Gasteiger partial charge in [0.1, 0.15) is 6.54 Å². The molecule has 0 heterocycles. The van der Waals surface area contributed by atoms with Crippen molar-refractivity contribution in [1.29, 1.82) is 0 Å². The van der Waals surface area contributed by atoms with E-state index in [1.807, 2.05) is 13.2 Å². The van der Waals surface area contributed by atoms with E-state index in [1.165, 1.54) is 30.0 Å². The molecule has 184 valence electrons. The summed E-state index contributed by atoms with van der Waals surface area (Å²) >= 11 is 1.51. The van der Waals surface area contributed by atoms with Crippen molar-refractivity contribution in [3.8, 4) is 0 Å². The van der Waals surface area contributed by atoms with Gasteiger partial charge >= 0.3 is 5.97 Å². The largest absolute Gasteiger partial charge is 0.462 e. The van der Waals surface area contributed by atoms with Crippen LogP contribution < -0.4 is 9.62 Å². The SMILES string of the molecule is CCOC(=O)c1ccc(C)c(NC(=O)CN(c2ccc(C)cc2)S(=O)(=O)c2ccc(SC)cc2)c1. The number of aryl methyl sites for hydroxylation is 2. The van der Waals surface area contributed by atoms with Gasteiger partial charge in [-0.1, -0.05) is 23.8 Å². The average molecular weight is 513 g/mol. The van der Waals surface area contributed by atoms with Crippen molar-refractivity contribution in [3.05, 3.63) is 83.4 Å². The van der Waals surface area contributed by atoms with E-state index in [1.54, 1.807) is 62.4 Å². The Balaban J connectivity index is 1.92. The van der Waals surface area contributed by atoms with E-state index in [2.05, 4.69) is 5.32 Å². The molecule has 0 aliphatic rings. The quantitative estimate of drug-likeness (QED) is 0.319. The van der Waals surface area contributed by atoms with Gasteiger partial charge in [-0.3, -0.25) is 9.10 Å². The molecule has 1 N–H and O–H groups in total.